The second-order valence-corrected chi connectivity index (χ2v) is 8.63. The van der Waals surface area contributed by atoms with Crippen LogP contribution in [0.4, 0.5) is 0 Å². The normalized spacial score (nSPS) is 12.4. The van der Waals surface area contributed by atoms with Gasteiger partial charge in [-0.3, -0.25) is 9.35 Å². The second-order valence-electron chi connectivity index (χ2n) is 6.93. The van der Waals surface area contributed by atoms with E-state index in [4.69, 9.17) is 0 Å². The summed E-state index contributed by atoms with van der Waals surface area (Å²) in [4.78, 5) is 11.0. The molecule has 0 aliphatic carbocycles. The van der Waals surface area contributed by atoms with Crippen LogP contribution in [0.25, 0.3) is 0 Å². The van der Waals surface area contributed by atoms with Crippen molar-refractivity contribution in [3.8, 4) is 0 Å². The number of hydrogen-bond acceptors (Lipinski definition) is 4. The molecule has 0 aliphatic heterocycles. The smallest absolute Gasteiger partial charge is 0.305 e. The van der Waals surface area contributed by atoms with Crippen molar-refractivity contribution in [2.24, 2.45) is 0 Å². The molecule has 151 valence electrons. The van der Waals surface area contributed by atoms with Crippen LogP contribution >= 0.6 is 0 Å². The topological polar surface area (TPSA) is 80.7 Å². The summed E-state index contributed by atoms with van der Waals surface area (Å²) >= 11 is 0. The first-order valence-electron chi connectivity index (χ1n) is 9.95. The Bertz CT molecular complexity index is 426. The zero-order valence-electron chi connectivity index (χ0n) is 17.2. The van der Waals surface area contributed by atoms with Crippen LogP contribution in [-0.2, 0) is 19.6 Å². The standard InChI is InChI=1S/C19H38O5S.Na/c1-3-4-5-6-9-12-15-18(25(21,22)23)16-13-10-7-8-11-14-17-19(20)24-2;/h18H,3-17H2,1-2H3,(H,21,22,23);. The van der Waals surface area contributed by atoms with Gasteiger partial charge in [-0.05, 0) is 19.3 Å². The van der Waals surface area contributed by atoms with E-state index in [0.29, 0.717) is 19.3 Å². The molecule has 0 spiro atoms. The molecule has 0 rings (SSSR count). The summed E-state index contributed by atoms with van der Waals surface area (Å²) in [5, 5.41) is -0.599. The number of carbonyl (C=O) groups is 1. The summed E-state index contributed by atoms with van der Waals surface area (Å²) in [6, 6.07) is 0. The van der Waals surface area contributed by atoms with Gasteiger partial charge in [-0.15, -0.1) is 0 Å². The van der Waals surface area contributed by atoms with Crippen molar-refractivity contribution in [1.82, 2.24) is 0 Å². The Morgan fingerprint density at radius 1 is 0.846 bits per heavy atom. The van der Waals surface area contributed by atoms with Gasteiger partial charge in [-0.25, -0.2) is 0 Å². The largest absolute Gasteiger partial charge is 0.469 e. The molecule has 0 heterocycles. The fourth-order valence-electron chi connectivity index (χ4n) is 3.05. The molecule has 0 saturated carbocycles. The Labute approximate surface area is 183 Å². The molecule has 0 bridgehead atoms. The van der Waals surface area contributed by atoms with Gasteiger partial charge in [0.2, 0.25) is 0 Å². The van der Waals surface area contributed by atoms with Crippen molar-refractivity contribution in [1.29, 1.82) is 0 Å². The van der Waals surface area contributed by atoms with Crippen LogP contribution in [0.15, 0.2) is 0 Å². The summed E-state index contributed by atoms with van der Waals surface area (Å²) in [5.41, 5.74) is 0. The summed E-state index contributed by atoms with van der Waals surface area (Å²) in [6.45, 7) is 2.17. The van der Waals surface area contributed by atoms with Gasteiger partial charge in [-0.2, -0.15) is 8.42 Å². The number of unbranched alkanes of at least 4 members (excludes halogenated alkanes) is 10. The molecule has 0 aliphatic rings. The first kappa shape index (κ1) is 28.6. The van der Waals surface area contributed by atoms with Crippen molar-refractivity contribution in [3.05, 3.63) is 0 Å². The Balaban J connectivity index is 0. The van der Waals surface area contributed by atoms with E-state index in [2.05, 4.69) is 11.7 Å². The zero-order valence-corrected chi connectivity index (χ0v) is 20.0. The Hall–Kier alpha value is 0.380. The van der Waals surface area contributed by atoms with Gasteiger partial charge in [-0.1, -0.05) is 77.6 Å². The molecule has 0 aromatic heterocycles. The Kier molecular flexibility index (Phi) is 20.6. The fraction of sp³-hybridized carbons (Fsp3) is 0.947. The molecule has 0 fully saturated rings. The molecule has 5 nitrogen and oxygen atoms in total. The van der Waals surface area contributed by atoms with E-state index >= 15 is 0 Å². The molecular formula is C19H38NaO5S. The molecule has 0 saturated heterocycles. The van der Waals surface area contributed by atoms with Crippen LogP contribution in [0.2, 0.25) is 0 Å². The van der Waals surface area contributed by atoms with Gasteiger partial charge in [0.15, 0.2) is 0 Å². The number of rotatable bonds is 17. The summed E-state index contributed by atoms with van der Waals surface area (Å²) in [7, 11) is -2.53. The van der Waals surface area contributed by atoms with Crippen LogP contribution in [0.5, 0.6) is 0 Å². The van der Waals surface area contributed by atoms with Crippen molar-refractivity contribution >= 4 is 45.6 Å². The zero-order chi connectivity index (χ0) is 19.0. The molecule has 0 aromatic carbocycles. The van der Waals surface area contributed by atoms with E-state index in [-0.39, 0.29) is 35.5 Å². The first-order valence-corrected chi connectivity index (χ1v) is 11.4. The number of methoxy groups -OCH3 is 1. The second kappa shape index (κ2) is 18.7. The summed E-state index contributed by atoms with van der Waals surface area (Å²) in [5.74, 6) is -0.161. The monoisotopic (exact) mass is 401 g/mol. The number of carbonyl (C=O) groups excluding carboxylic acids is 1. The molecule has 0 amide bonds. The van der Waals surface area contributed by atoms with E-state index in [0.717, 1.165) is 57.8 Å². The predicted octanol–water partition coefficient (Wildman–Crippen LogP) is 4.91. The van der Waals surface area contributed by atoms with E-state index in [1.807, 2.05) is 0 Å². The molecule has 7 heteroatoms. The molecule has 1 atom stereocenters. The quantitative estimate of drug-likeness (QED) is 0.162. The maximum absolute atomic E-state index is 11.5. The molecule has 1 unspecified atom stereocenters. The molecule has 1 radical (unpaired) electrons. The average molecular weight is 402 g/mol. The number of esters is 1. The van der Waals surface area contributed by atoms with Gasteiger partial charge < -0.3 is 4.74 Å². The van der Waals surface area contributed by atoms with Crippen LogP contribution in [0.3, 0.4) is 0 Å². The van der Waals surface area contributed by atoms with Gasteiger partial charge in [0.1, 0.15) is 0 Å². The van der Waals surface area contributed by atoms with Crippen molar-refractivity contribution in [2.75, 3.05) is 7.11 Å². The van der Waals surface area contributed by atoms with Crippen LogP contribution in [0, 0.1) is 0 Å². The maximum atomic E-state index is 11.5. The Morgan fingerprint density at radius 2 is 1.27 bits per heavy atom. The van der Waals surface area contributed by atoms with Crippen LogP contribution < -0.4 is 0 Å². The molecular weight excluding hydrogens is 363 g/mol. The maximum Gasteiger partial charge on any atom is 0.305 e. The average Bonchev–Trinajstić information content (AvgIpc) is 2.56. The van der Waals surface area contributed by atoms with Crippen molar-refractivity contribution < 1.29 is 22.5 Å². The Morgan fingerprint density at radius 3 is 1.69 bits per heavy atom. The third kappa shape index (κ3) is 17.8. The number of hydrogen-bond donors (Lipinski definition) is 1. The minimum Gasteiger partial charge on any atom is -0.469 e. The van der Waals surface area contributed by atoms with E-state index < -0.39 is 15.4 Å². The van der Waals surface area contributed by atoms with E-state index in [9.17, 15) is 17.8 Å². The van der Waals surface area contributed by atoms with Gasteiger partial charge >= 0.3 is 5.97 Å². The van der Waals surface area contributed by atoms with Gasteiger partial charge in [0.05, 0.1) is 12.4 Å². The van der Waals surface area contributed by atoms with Crippen molar-refractivity contribution in [2.45, 2.75) is 108 Å². The van der Waals surface area contributed by atoms with Crippen LogP contribution in [-0.4, -0.2) is 60.9 Å². The minimum atomic E-state index is -3.93. The molecule has 1 N–H and O–H groups in total. The third-order valence-electron chi connectivity index (χ3n) is 4.69. The van der Waals surface area contributed by atoms with Crippen LogP contribution in [0.1, 0.15) is 103 Å². The van der Waals surface area contributed by atoms with Crippen molar-refractivity contribution in [3.63, 3.8) is 0 Å². The first-order chi connectivity index (χ1) is 11.9. The summed E-state index contributed by atoms with van der Waals surface area (Å²) in [6.07, 6.45) is 14.1. The SMILES string of the molecule is CCCCCCCCC(CCCCCCCCC(=O)OC)S(=O)(=O)O.[Na]. The predicted molar refractivity (Wildman–Crippen MR) is 108 cm³/mol. The minimum absolute atomic E-state index is 0. The third-order valence-corrected chi connectivity index (χ3v) is 6.00. The van der Waals surface area contributed by atoms with E-state index in [1.165, 1.54) is 26.4 Å². The molecule has 0 aromatic rings. The van der Waals surface area contributed by atoms with Gasteiger partial charge in [0, 0.05) is 36.0 Å². The van der Waals surface area contributed by atoms with Gasteiger partial charge in [0.25, 0.3) is 10.1 Å². The summed E-state index contributed by atoms with van der Waals surface area (Å²) < 4.78 is 37.0. The molecule has 26 heavy (non-hydrogen) atoms. The number of ether oxygens (including phenoxy) is 1. The fourth-order valence-corrected chi connectivity index (χ4v) is 3.97. The van der Waals surface area contributed by atoms with E-state index in [1.54, 1.807) is 0 Å².